The number of nitrogens with two attached hydrogens (primary N) is 1. The second-order valence-corrected chi connectivity index (χ2v) is 4.04. The quantitative estimate of drug-likeness (QED) is 0.668. The molecule has 2 N–H and O–H groups in total. The third-order valence-corrected chi connectivity index (χ3v) is 2.83. The minimum absolute atomic E-state index is 0.126. The molecular formula is C11H13BrF2N2O2. The summed E-state index contributed by atoms with van der Waals surface area (Å²) in [6.07, 6.45) is -2.91. The van der Waals surface area contributed by atoms with Gasteiger partial charge in [-0.1, -0.05) is 15.9 Å². The highest BCUT2D eigenvalue weighted by Gasteiger charge is 2.17. The van der Waals surface area contributed by atoms with E-state index in [1.54, 1.807) is 6.92 Å². The Kier molecular flexibility index (Phi) is 5.46. The van der Waals surface area contributed by atoms with Crippen LogP contribution in [0.15, 0.2) is 6.07 Å². The van der Waals surface area contributed by atoms with Gasteiger partial charge in [-0.15, -0.1) is 0 Å². The van der Waals surface area contributed by atoms with Gasteiger partial charge >= 0.3 is 5.97 Å². The molecule has 0 spiro atoms. The number of hydrogen-bond donors (Lipinski definition) is 1. The van der Waals surface area contributed by atoms with Crippen LogP contribution in [0, 0.1) is 0 Å². The minimum atomic E-state index is -2.70. The van der Waals surface area contributed by atoms with Crippen LogP contribution in [0.2, 0.25) is 0 Å². The van der Waals surface area contributed by atoms with Gasteiger partial charge in [0.1, 0.15) is 5.69 Å². The summed E-state index contributed by atoms with van der Waals surface area (Å²) in [5.41, 5.74) is 6.22. The number of carbonyl (C=O) groups is 1. The van der Waals surface area contributed by atoms with Crippen LogP contribution < -0.4 is 5.73 Å². The number of halogens is 3. The van der Waals surface area contributed by atoms with Gasteiger partial charge in [-0.2, -0.15) is 0 Å². The van der Waals surface area contributed by atoms with Gasteiger partial charge in [-0.05, 0) is 18.6 Å². The van der Waals surface area contributed by atoms with Crippen molar-refractivity contribution in [3.8, 4) is 0 Å². The van der Waals surface area contributed by atoms with E-state index in [0.717, 1.165) is 0 Å². The molecule has 0 unspecified atom stereocenters. The van der Waals surface area contributed by atoms with Crippen molar-refractivity contribution in [2.75, 3.05) is 12.3 Å². The van der Waals surface area contributed by atoms with Crippen molar-refractivity contribution in [2.45, 2.75) is 25.1 Å². The maximum absolute atomic E-state index is 12.6. The van der Waals surface area contributed by atoms with Gasteiger partial charge in [0.25, 0.3) is 6.43 Å². The average Bonchev–Trinajstić information content (AvgIpc) is 2.31. The molecular weight excluding hydrogens is 310 g/mol. The maximum atomic E-state index is 12.6. The number of aromatic nitrogens is 1. The molecule has 0 bridgehead atoms. The normalized spacial score (nSPS) is 10.7. The number of hydrogen-bond acceptors (Lipinski definition) is 4. The van der Waals surface area contributed by atoms with Crippen LogP contribution in [0.1, 0.15) is 30.3 Å². The van der Waals surface area contributed by atoms with E-state index in [1.165, 1.54) is 6.07 Å². The minimum Gasteiger partial charge on any atom is -0.466 e. The Morgan fingerprint density at radius 2 is 2.28 bits per heavy atom. The summed E-state index contributed by atoms with van der Waals surface area (Å²) in [6.45, 7) is 1.88. The molecule has 1 rings (SSSR count). The van der Waals surface area contributed by atoms with E-state index >= 15 is 0 Å². The Hall–Kier alpha value is -1.24. The summed E-state index contributed by atoms with van der Waals surface area (Å²) in [4.78, 5) is 15.0. The van der Waals surface area contributed by atoms with Crippen molar-refractivity contribution in [1.82, 2.24) is 4.98 Å². The van der Waals surface area contributed by atoms with Gasteiger partial charge < -0.3 is 10.5 Å². The number of nitrogen functional groups attached to an aromatic ring is 1. The highest BCUT2D eigenvalue weighted by atomic mass is 79.9. The summed E-state index contributed by atoms with van der Waals surface area (Å²) in [5, 5.41) is 0.316. The van der Waals surface area contributed by atoms with Crippen molar-refractivity contribution in [3.05, 3.63) is 23.0 Å². The Morgan fingerprint density at radius 3 is 2.78 bits per heavy atom. The molecule has 0 radical (unpaired) electrons. The second kappa shape index (κ2) is 6.63. The zero-order valence-electron chi connectivity index (χ0n) is 9.75. The Balaban J connectivity index is 3.08. The standard InChI is InChI=1S/C11H13BrF2N2O2/c1-2-18-9(17)4-7-10(15)6(5-12)3-8(16-7)11(13)14/h3,11H,2,4-5,15H2,1H3. The average molecular weight is 323 g/mol. The zero-order valence-corrected chi connectivity index (χ0v) is 11.3. The number of carbonyl (C=O) groups excluding carboxylic acids is 1. The van der Waals surface area contributed by atoms with Crippen molar-refractivity contribution < 1.29 is 18.3 Å². The fourth-order valence-electron chi connectivity index (χ4n) is 1.40. The third kappa shape index (κ3) is 3.63. The number of ether oxygens (including phenoxy) is 1. The zero-order chi connectivity index (χ0) is 13.7. The van der Waals surface area contributed by atoms with Crippen LogP contribution >= 0.6 is 15.9 Å². The predicted octanol–water partition coefficient (Wildman–Crippen LogP) is 2.60. The molecule has 0 fully saturated rings. The molecule has 0 aliphatic rings. The highest BCUT2D eigenvalue weighted by Crippen LogP contribution is 2.25. The van der Waals surface area contributed by atoms with E-state index in [9.17, 15) is 13.6 Å². The molecule has 4 nitrogen and oxygen atoms in total. The lowest BCUT2D eigenvalue weighted by Gasteiger charge is -2.11. The summed E-state index contributed by atoms with van der Waals surface area (Å²) in [5.74, 6) is -0.538. The molecule has 100 valence electrons. The van der Waals surface area contributed by atoms with Gasteiger partial charge in [-0.25, -0.2) is 13.8 Å². The molecule has 0 aromatic carbocycles. The largest absolute Gasteiger partial charge is 0.466 e. The number of rotatable bonds is 5. The van der Waals surface area contributed by atoms with Crippen molar-refractivity contribution in [2.24, 2.45) is 0 Å². The lowest BCUT2D eigenvalue weighted by Crippen LogP contribution is -2.13. The van der Waals surface area contributed by atoms with Crippen LogP contribution in [-0.4, -0.2) is 17.6 Å². The molecule has 0 amide bonds. The SMILES string of the molecule is CCOC(=O)Cc1nc(C(F)F)cc(CBr)c1N. The number of pyridine rings is 1. The third-order valence-electron chi connectivity index (χ3n) is 2.23. The molecule has 1 aromatic heterocycles. The first-order valence-electron chi connectivity index (χ1n) is 5.27. The van der Waals surface area contributed by atoms with E-state index in [2.05, 4.69) is 20.9 Å². The van der Waals surface area contributed by atoms with Crippen LogP contribution in [0.25, 0.3) is 0 Å². The lowest BCUT2D eigenvalue weighted by molar-refractivity contribution is -0.142. The van der Waals surface area contributed by atoms with E-state index in [0.29, 0.717) is 10.9 Å². The molecule has 0 saturated heterocycles. The lowest BCUT2D eigenvalue weighted by atomic mass is 10.1. The topological polar surface area (TPSA) is 65.2 Å². The summed E-state index contributed by atoms with van der Waals surface area (Å²) >= 11 is 3.15. The van der Waals surface area contributed by atoms with E-state index in [4.69, 9.17) is 10.5 Å². The van der Waals surface area contributed by atoms with Crippen molar-refractivity contribution in [1.29, 1.82) is 0 Å². The first kappa shape index (κ1) is 14.8. The first-order chi connectivity index (χ1) is 8.49. The number of esters is 1. The van der Waals surface area contributed by atoms with Crippen LogP contribution in [0.3, 0.4) is 0 Å². The number of anilines is 1. The molecule has 0 atom stereocenters. The van der Waals surface area contributed by atoms with Crippen molar-refractivity contribution >= 4 is 27.6 Å². The van der Waals surface area contributed by atoms with E-state index in [1.807, 2.05) is 0 Å². The van der Waals surface area contributed by atoms with E-state index in [-0.39, 0.29) is 24.4 Å². The van der Waals surface area contributed by atoms with Crippen molar-refractivity contribution in [3.63, 3.8) is 0 Å². The second-order valence-electron chi connectivity index (χ2n) is 3.48. The maximum Gasteiger partial charge on any atom is 0.311 e. The number of alkyl halides is 3. The molecule has 7 heteroatoms. The summed E-state index contributed by atoms with van der Waals surface area (Å²) < 4.78 is 30.0. The molecule has 1 aromatic rings. The van der Waals surface area contributed by atoms with Gasteiger partial charge in [0.05, 0.1) is 24.4 Å². The monoisotopic (exact) mass is 322 g/mol. The highest BCUT2D eigenvalue weighted by molar-refractivity contribution is 9.08. The summed E-state index contributed by atoms with van der Waals surface area (Å²) in [7, 11) is 0. The molecule has 1 heterocycles. The summed E-state index contributed by atoms with van der Waals surface area (Å²) in [6, 6.07) is 1.23. The predicted molar refractivity (Wildman–Crippen MR) is 66.6 cm³/mol. The molecule has 18 heavy (non-hydrogen) atoms. The fraction of sp³-hybridized carbons (Fsp3) is 0.455. The Bertz CT molecular complexity index is 441. The fourth-order valence-corrected chi connectivity index (χ4v) is 1.86. The van der Waals surface area contributed by atoms with Gasteiger partial charge in [0, 0.05) is 5.33 Å². The molecule has 0 saturated carbocycles. The van der Waals surface area contributed by atoms with Gasteiger partial charge in [-0.3, -0.25) is 4.79 Å². The van der Waals surface area contributed by atoms with Crippen LogP contribution in [0.5, 0.6) is 0 Å². The van der Waals surface area contributed by atoms with E-state index < -0.39 is 18.1 Å². The smallest absolute Gasteiger partial charge is 0.311 e. The van der Waals surface area contributed by atoms with Gasteiger partial charge in [0.15, 0.2) is 0 Å². The first-order valence-corrected chi connectivity index (χ1v) is 6.39. The van der Waals surface area contributed by atoms with Crippen LogP contribution in [0.4, 0.5) is 14.5 Å². The van der Waals surface area contributed by atoms with Gasteiger partial charge in [0.2, 0.25) is 0 Å². The molecule has 0 aliphatic carbocycles. The number of nitrogens with zero attached hydrogens (tertiary/aromatic N) is 1. The molecule has 0 aliphatic heterocycles. The Morgan fingerprint density at radius 1 is 1.61 bits per heavy atom. The Labute approximate surface area is 112 Å². The van der Waals surface area contributed by atoms with Crippen LogP contribution in [-0.2, 0) is 21.3 Å².